The summed E-state index contributed by atoms with van der Waals surface area (Å²) >= 11 is 6.11. The molecule has 2 aromatic heterocycles. The Morgan fingerprint density at radius 2 is 2.10 bits per heavy atom. The summed E-state index contributed by atoms with van der Waals surface area (Å²) in [5.74, 6) is 0. The van der Waals surface area contributed by atoms with Crippen LogP contribution in [0.4, 0.5) is 4.79 Å². The van der Waals surface area contributed by atoms with Gasteiger partial charge < -0.3 is 20.9 Å². The summed E-state index contributed by atoms with van der Waals surface area (Å²) in [6, 6.07) is 10.1. The molecule has 0 saturated heterocycles. The number of nitrogens with zero attached hydrogens (tertiary/aromatic N) is 3. The molecule has 0 aliphatic rings. The number of ether oxygens (including phenoxy) is 1. The Hall–Kier alpha value is -2.68. The van der Waals surface area contributed by atoms with Gasteiger partial charge >= 0.3 is 6.03 Å². The largest absolute Gasteiger partial charge is 0.390 e. The van der Waals surface area contributed by atoms with Crippen LogP contribution in [-0.4, -0.2) is 45.2 Å². The second-order valence-electron chi connectivity index (χ2n) is 6.66. The van der Waals surface area contributed by atoms with Gasteiger partial charge in [0, 0.05) is 18.4 Å². The summed E-state index contributed by atoms with van der Waals surface area (Å²) in [5.41, 5.74) is 7.65. The highest BCUT2D eigenvalue weighted by Gasteiger charge is 2.17. The maximum atomic E-state index is 11.3. The highest BCUT2D eigenvalue weighted by Crippen LogP contribution is 2.22. The first-order chi connectivity index (χ1) is 14.0. The van der Waals surface area contributed by atoms with Crippen LogP contribution in [0, 0.1) is 0 Å². The monoisotopic (exact) mass is 417 g/mol. The van der Waals surface area contributed by atoms with E-state index >= 15 is 0 Å². The normalized spacial score (nSPS) is 13.3. The lowest BCUT2D eigenvalue weighted by atomic mass is 10.1. The Morgan fingerprint density at radius 3 is 2.79 bits per heavy atom. The molecular formula is C20H24ClN5O3. The second kappa shape index (κ2) is 9.69. The minimum Gasteiger partial charge on any atom is -0.390 e. The zero-order chi connectivity index (χ0) is 20.8. The fourth-order valence-electron chi connectivity index (χ4n) is 3.23. The number of hydrogen-bond acceptors (Lipinski definition) is 5. The molecule has 0 bridgehead atoms. The van der Waals surface area contributed by atoms with Crippen LogP contribution >= 0.6 is 11.6 Å². The molecule has 8 nitrogen and oxygen atoms in total. The number of rotatable bonds is 9. The smallest absolute Gasteiger partial charge is 0.312 e. The fraction of sp³-hybridized carbons (Fsp3) is 0.350. The number of carbonyl (C=O) groups excluding carboxylic acids is 1. The summed E-state index contributed by atoms with van der Waals surface area (Å²) in [5, 5.41) is 18.7. The number of aryl methyl sites for hydroxylation is 1. The van der Waals surface area contributed by atoms with Crippen LogP contribution in [0.3, 0.4) is 0 Å². The summed E-state index contributed by atoms with van der Waals surface area (Å²) in [7, 11) is 0. The molecule has 4 N–H and O–H groups in total. The minimum absolute atomic E-state index is 0.0692. The zero-order valence-corrected chi connectivity index (χ0v) is 16.8. The van der Waals surface area contributed by atoms with E-state index in [1.807, 2.05) is 41.9 Å². The molecule has 0 saturated carbocycles. The van der Waals surface area contributed by atoms with Gasteiger partial charge in [0.15, 0.2) is 0 Å². The molecule has 0 radical (unpaired) electrons. The predicted octanol–water partition coefficient (Wildman–Crippen LogP) is 2.43. The number of urea groups is 1. The number of aliphatic hydroxyl groups excluding tert-OH is 1. The third-order valence-electron chi connectivity index (χ3n) is 4.50. The lowest BCUT2D eigenvalue weighted by Crippen LogP contribution is -2.36. The fourth-order valence-corrected chi connectivity index (χ4v) is 3.45. The molecule has 9 heteroatoms. The van der Waals surface area contributed by atoms with Gasteiger partial charge in [-0.2, -0.15) is 5.10 Å². The van der Waals surface area contributed by atoms with E-state index in [9.17, 15) is 9.90 Å². The Bertz CT molecular complexity index is 963. The van der Waals surface area contributed by atoms with Crippen LogP contribution in [0.15, 0.2) is 42.6 Å². The Morgan fingerprint density at radius 1 is 1.34 bits per heavy atom. The molecule has 0 aliphatic heterocycles. The number of pyridine rings is 1. The van der Waals surface area contributed by atoms with Crippen LogP contribution in [0.1, 0.15) is 24.2 Å². The van der Waals surface area contributed by atoms with Gasteiger partial charge in [-0.25, -0.2) is 9.78 Å². The van der Waals surface area contributed by atoms with E-state index in [0.717, 1.165) is 16.5 Å². The molecular weight excluding hydrogens is 394 g/mol. The van der Waals surface area contributed by atoms with E-state index in [0.29, 0.717) is 17.4 Å². The lowest BCUT2D eigenvalue weighted by Gasteiger charge is -2.19. The van der Waals surface area contributed by atoms with Crippen molar-refractivity contribution in [2.75, 3.05) is 13.2 Å². The van der Waals surface area contributed by atoms with Crippen molar-refractivity contribution in [1.29, 1.82) is 0 Å². The van der Waals surface area contributed by atoms with Crippen LogP contribution in [0.5, 0.6) is 0 Å². The number of fused-ring (bicyclic) bond motifs is 1. The van der Waals surface area contributed by atoms with Crippen LogP contribution < -0.4 is 11.1 Å². The predicted molar refractivity (Wildman–Crippen MR) is 111 cm³/mol. The first-order valence-electron chi connectivity index (χ1n) is 9.35. The number of nitrogens with one attached hydrogen (secondary N) is 1. The Labute approximate surface area is 173 Å². The second-order valence-corrected chi connectivity index (χ2v) is 7.04. The molecule has 2 atom stereocenters. The zero-order valence-electron chi connectivity index (χ0n) is 16.1. The van der Waals surface area contributed by atoms with Gasteiger partial charge in [-0.15, -0.1) is 0 Å². The van der Waals surface area contributed by atoms with Crippen molar-refractivity contribution >= 4 is 28.5 Å². The van der Waals surface area contributed by atoms with Crippen LogP contribution in [-0.2, 0) is 17.7 Å². The number of primary amides is 1. The number of aliphatic hydroxyl groups is 1. The minimum atomic E-state index is -0.797. The summed E-state index contributed by atoms with van der Waals surface area (Å²) < 4.78 is 7.49. The topological polar surface area (TPSA) is 115 Å². The Kier molecular flexibility index (Phi) is 7.03. The van der Waals surface area contributed by atoms with Gasteiger partial charge in [0.25, 0.3) is 0 Å². The van der Waals surface area contributed by atoms with E-state index in [1.54, 1.807) is 12.3 Å². The van der Waals surface area contributed by atoms with Crippen molar-refractivity contribution in [3.63, 3.8) is 0 Å². The van der Waals surface area contributed by atoms with Gasteiger partial charge in [-0.1, -0.05) is 41.9 Å². The molecule has 1 aromatic carbocycles. The number of benzene rings is 1. The van der Waals surface area contributed by atoms with Crippen molar-refractivity contribution < 1.29 is 14.6 Å². The van der Waals surface area contributed by atoms with E-state index in [2.05, 4.69) is 15.4 Å². The quantitative estimate of drug-likeness (QED) is 0.462. The maximum Gasteiger partial charge on any atom is 0.312 e. The standard InChI is InChI=1S/C20H24ClN5O3/c1-2-26-19-14(10-23-26)8-18(21)24-16(19)9-15(27)11-29-12-17(25-20(22)28)13-6-4-3-5-7-13/h3-8,10,15,17,27H,2,9,11-12H2,1H3,(H3,22,25,28)/t15?,17-/m1/s1. The molecule has 0 spiro atoms. The highest BCUT2D eigenvalue weighted by molar-refractivity contribution is 6.30. The molecule has 2 heterocycles. The lowest BCUT2D eigenvalue weighted by molar-refractivity contribution is 0.0284. The molecule has 3 rings (SSSR count). The van der Waals surface area contributed by atoms with Gasteiger partial charge in [-0.3, -0.25) is 4.68 Å². The van der Waals surface area contributed by atoms with E-state index in [4.69, 9.17) is 22.1 Å². The third-order valence-corrected chi connectivity index (χ3v) is 4.69. The summed E-state index contributed by atoms with van der Waals surface area (Å²) in [6.45, 7) is 2.92. The van der Waals surface area contributed by atoms with E-state index < -0.39 is 18.2 Å². The molecule has 3 aromatic rings. The average Bonchev–Trinajstić information content (AvgIpc) is 3.10. The molecule has 154 valence electrons. The van der Waals surface area contributed by atoms with Crippen molar-refractivity contribution in [2.45, 2.75) is 32.0 Å². The number of amides is 2. The van der Waals surface area contributed by atoms with E-state index in [1.165, 1.54) is 0 Å². The molecule has 2 amide bonds. The van der Waals surface area contributed by atoms with Crippen molar-refractivity contribution in [1.82, 2.24) is 20.1 Å². The molecule has 29 heavy (non-hydrogen) atoms. The third kappa shape index (κ3) is 5.44. The first kappa shape index (κ1) is 21.0. The number of aromatic nitrogens is 3. The number of nitrogens with two attached hydrogens (primary N) is 1. The van der Waals surface area contributed by atoms with Crippen molar-refractivity contribution in [3.05, 3.63) is 59.0 Å². The SMILES string of the molecule is CCn1ncc2cc(Cl)nc(CC(O)COC[C@@H](NC(N)=O)c3ccccc3)c21. The molecule has 1 unspecified atom stereocenters. The van der Waals surface area contributed by atoms with Gasteiger partial charge in [0.2, 0.25) is 0 Å². The van der Waals surface area contributed by atoms with Crippen molar-refractivity contribution in [2.24, 2.45) is 5.73 Å². The van der Waals surface area contributed by atoms with Gasteiger partial charge in [0.1, 0.15) is 5.15 Å². The summed E-state index contributed by atoms with van der Waals surface area (Å²) in [6.07, 6.45) is 1.20. The first-order valence-corrected chi connectivity index (χ1v) is 9.73. The van der Waals surface area contributed by atoms with Crippen molar-refractivity contribution in [3.8, 4) is 0 Å². The van der Waals surface area contributed by atoms with Gasteiger partial charge in [-0.05, 0) is 18.6 Å². The highest BCUT2D eigenvalue weighted by atomic mass is 35.5. The van der Waals surface area contributed by atoms with Crippen LogP contribution in [0.2, 0.25) is 5.15 Å². The average molecular weight is 418 g/mol. The molecule has 0 aliphatic carbocycles. The summed E-state index contributed by atoms with van der Waals surface area (Å²) in [4.78, 5) is 15.7. The maximum absolute atomic E-state index is 11.3. The van der Waals surface area contributed by atoms with Gasteiger partial charge in [0.05, 0.1) is 42.8 Å². The molecule has 0 fully saturated rings. The van der Waals surface area contributed by atoms with Crippen LogP contribution in [0.25, 0.3) is 10.9 Å². The number of halogens is 1. The Balaban J connectivity index is 1.64. The number of carbonyl (C=O) groups is 1. The van der Waals surface area contributed by atoms with E-state index in [-0.39, 0.29) is 19.6 Å². The number of hydrogen-bond donors (Lipinski definition) is 3.